The third-order valence-corrected chi connectivity index (χ3v) is 4.24. The SMILES string of the molecule is CCOC(=O)c1cc(Cc2ccc(Cl)cc2Cl)sc1N. The molecule has 1 aromatic heterocycles. The Morgan fingerprint density at radius 3 is 2.75 bits per heavy atom. The fraction of sp³-hybridized carbons (Fsp3) is 0.214. The van der Waals surface area contributed by atoms with Crippen molar-refractivity contribution in [3.63, 3.8) is 0 Å². The van der Waals surface area contributed by atoms with Crippen LogP contribution in [0.5, 0.6) is 0 Å². The highest BCUT2D eigenvalue weighted by molar-refractivity contribution is 7.16. The lowest BCUT2D eigenvalue weighted by Crippen LogP contribution is -2.05. The van der Waals surface area contributed by atoms with Gasteiger partial charge in [-0.1, -0.05) is 29.3 Å². The maximum atomic E-state index is 11.7. The van der Waals surface area contributed by atoms with Crippen molar-refractivity contribution in [3.8, 4) is 0 Å². The topological polar surface area (TPSA) is 52.3 Å². The zero-order chi connectivity index (χ0) is 14.7. The van der Waals surface area contributed by atoms with Crippen LogP contribution in [0.25, 0.3) is 0 Å². The second-order valence-corrected chi connectivity index (χ2v) is 6.14. The van der Waals surface area contributed by atoms with Crippen molar-refractivity contribution in [2.45, 2.75) is 13.3 Å². The normalized spacial score (nSPS) is 10.6. The monoisotopic (exact) mass is 329 g/mol. The van der Waals surface area contributed by atoms with E-state index in [9.17, 15) is 4.79 Å². The van der Waals surface area contributed by atoms with Crippen LogP contribution >= 0.6 is 34.5 Å². The first kappa shape index (κ1) is 15.2. The Morgan fingerprint density at radius 2 is 2.10 bits per heavy atom. The molecule has 0 saturated carbocycles. The molecule has 0 amide bonds. The molecule has 1 aromatic carbocycles. The Balaban J connectivity index is 2.22. The van der Waals surface area contributed by atoms with Gasteiger partial charge < -0.3 is 10.5 Å². The molecule has 20 heavy (non-hydrogen) atoms. The molecular weight excluding hydrogens is 317 g/mol. The number of nitrogen functional groups attached to an aromatic ring is 1. The van der Waals surface area contributed by atoms with Gasteiger partial charge in [-0.05, 0) is 30.7 Å². The number of carbonyl (C=O) groups excluding carboxylic acids is 1. The summed E-state index contributed by atoms with van der Waals surface area (Å²) in [6.45, 7) is 2.08. The molecule has 0 bridgehead atoms. The van der Waals surface area contributed by atoms with Crippen LogP contribution in [0.15, 0.2) is 24.3 Å². The van der Waals surface area contributed by atoms with Gasteiger partial charge in [0.25, 0.3) is 0 Å². The van der Waals surface area contributed by atoms with Gasteiger partial charge in [0.15, 0.2) is 0 Å². The molecule has 106 valence electrons. The number of benzene rings is 1. The van der Waals surface area contributed by atoms with E-state index in [1.54, 1.807) is 25.1 Å². The number of halogens is 2. The predicted octanol–water partition coefficient (Wildman–Crippen LogP) is 4.40. The summed E-state index contributed by atoms with van der Waals surface area (Å²) in [6, 6.07) is 7.10. The van der Waals surface area contributed by atoms with Crippen LogP contribution < -0.4 is 5.73 Å². The number of hydrogen-bond acceptors (Lipinski definition) is 4. The molecule has 0 spiro atoms. The highest BCUT2D eigenvalue weighted by Crippen LogP contribution is 2.30. The molecule has 0 fully saturated rings. The van der Waals surface area contributed by atoms with Crippen molar-refractivity contribution in [3.05, 3.63) is 50.3 Å². The molecule has 2 rings (SSSR count). The van der Waals surface area contributed by atoms with E-state index in [-0.39, 0.29) is 0 Å². The quantitative estimate of drug-likeness (QED) is 0.845. The molecule has 0 radical (unpaired) electrons. The maximum Gasteiger partial charge on any atom is 0.341 e. The lowest BCUT2D eigenvalue weighted by Gasteiger charge is -2.02. The van der Waals surface area contributed by atoms with E-state index < -0.39 is 5.97 Å². The first-order valence-corrected chi connectivity index (χ1v) is 7.57. The van der Waals surface area contributed by atoms with Crippen LogP contribution in [-0.4, -0.2) is 12.6 Å². The molecule has 3 nitrogen and oxygen atoms in total. The summed E-state index contributed by atoms with van der Waals surface area (Å²) in [5.74, 6) is -0.394. The Hall–Kier alpha value is -1.23. The number of thiophene rings is 1. The van der Waals surface area contributed by atoms with Crippen LogP contribution in [0, 0.1) is 0 Å². The summed E-state index contributed by atoms with van der Waals surface area (Å²) in [5.41, 5.74) is 7.20. The lowest BCUT2D eigenvalue weighted by atomic mass is 10.1. The second-order valence-electron chi connectivity index (χ2n) is 4.12. The Morgan fingerprint density at radius 1 is 1.35 bits per heavy atom. The van der Waals surface area contributed by atoms with E-state index in [0.717, 1.165) is 10.4 Å². The van der Waals surface area contributed by atoms with Gasteiger partial charge in [-0.15, -0.1) is 11.3 Å². The minimum absolute atomic E-state index is 0.326. The predicted molar refractivity (Wildman–Crippen MR) is 84.0 cm³/mol. The largest absolute Gasteiger partial charge is 0.462 e. The molecule has 0 aliphatic heterocycles. The summed E-state index contributed by atoms with van der Waals surface area (Å²) in [7, 11) is 0. The fourth-order valence-corrected chi connectivity index (χ4v) is 3.18. The number of ether oxygens (including phenoxy) is 1. The van der Waals surface area contributed by atoms with Crippen molar-refractivity contribution < 1.29 is 9.53 Å². The zero-order valence-corrected chi connectivity index (χ0v) is 13.1. The van der Waals surface area contributed by atoms with Crippen molar-refractivity contribution in [1.82, 2.24) is 0 Å². The van der Waals surface area contributed by atoms with Crippen LogP contribution in [0.3, 0.4) is 0 Å². The molecule has 0 aliphatic carbocycles. The van der Waals surface area contributed by atoms with Crippen molar-refractivity contribution in [2.24, 2.45) is 0 Å². The van der Waals surface area contributed by atoms with Crippen LogP contribution in [0.4, 0.5) is 5.00 Å². The zero-order valence-electron chi connectivity index (χ0n) is 10.8. The van der Waals surface area contributed by atoms with Gasteiger partial charge in [-0.25, -0.2) is 4.79 Å². The van der Waals surface area contributed by atoms with Crippen LogP contribution in [-0.2, 0) is 11.2 Å². The van der Waals surface area contributed by atoms with Gasteiger partial charge in [-0.2, -0.15) is 0 Å². The van der Waals surface area contributed by atoms with Crippen molar-refractivity contribution in [2.75, 3.05) is 12.3 Å². The van der Waals surface area contributed by atoms with Crippen molar-refractivity contribution >= 4 is 45.5 Å². The summed E-state index contributed by atoms with van der Waals surface area (Å²) < 4.78 is 4.96. The highest BCUT2D eigenvalue weighted by Gasteiger charge is 2.15. The number of anilines is 1. The van der Waals surface area contributed by atoms with Crippen molar-refractivity contribution in [1.29, 1.82) is 0 Å². The maximum absolute atomic E-state index is 11.7. The average molecular weight is 330 g/mol. The Kier molecular flexibility index (Phi) is 4.91. The van der Waals surface area contributed by atoms with Gasteiger partial charge in [-0.3, -0.25) is 0 Å². The third-order valence-electron chi connectivity index (χ3n) is 2.69. The van der Waals surface area contributed by atoms with Gasteiger partial charge in [0.2, 0.25) is 0 Å². The van der Waals surface area contributed by atoms with Gasteiger partial charge in [0, 0.05) is 21.3 Å². The molecule has 2 aromatic rings. The van der Waals surface area contributed by atoms with E-state index in [2.05, 4.69) is 0 Å². The van der Waals surface area contributed by atoms with Crippen LogP contribution in [0.2, 0.25) is 10.0 Å². The standard InChI is InChI=1S/C14H13Cl2NO2S/c1-2-19-14(18)11-7-10(20-13(11)17)5-8-3-4-9(15)6-12(8)16/h3-4,6-7H,2,5,17H2,1H3. The lowest BCUT2D eigenvalue weighted by molar-refractivity contribution is 0.0528. The number of carbonyl (C=O) groups is 1. The molecule has 1 heterocycles. The molecule has 6 heteroatoms. The number of rotatable bonds is 4. The summed E-state index contributed by atoms with van der Waals surface area (Å²) in [6.07, 6.45) is 0.601. The second kappa shape index (κ2) is 6.48. The fourth-order valence-electron chi connectivity index (χ4n) is 1.77. The summed E-state index contributed by atoms with van der Waals surface area (Å²) in [5, 5.41) is 1.65. The molecule has 0 atom stereocenters. The van der Waals surface area contributed by atoms with E-state index in [4.69, 9.17) is 33.7 Å². The van der Waals surface area contributed by atoms with E-state index in [1.165, 1.54) is 11.3 Å². The number of esters is 1. The molecule has 0 aliphatic rings. The smallest absolute Gasteiger partial charge is 0.341 e. The summed E-state index contributed by atoms with van der Waals surface area (Å²) in [4.78, 5) is 12.7. The van der Waals surface area contributed by atoms with Crippen LogP contribution in [0.1, 0.15) is 27.7 Å². The molecule has 0 unspecified atom stereocenters. The van der Waals surface area contributed by atoms with E-state index >= 15 is 0 Å². The first-order valence-electron chi connectivity index (χ1n) is 6.00. The molecular formula is C14H13Cl2NO2S. The van der Waals surface area contributed by atoms with E-state index in [0.29, 0.717) is 33.6 Å². The van der Waals surface area contributed by atoms with E-state index in [1.807, 2.05) is 6.07 Å². The van der Waals surface area contributed by atoms with Gasteiger partial charge >= 0.3 is 5.97 Å². The number of nitrogens with two attached hydrogens (primary N) is 1. The highest BCUT2D eigenvalue weighted by atomic mass is 35.5. The Bertz CT molecular complexity index is 640. The molecule has 2 N–H and O–H groups in total. The van der Waals surface area contributed by atoms with Gasteiger partial charge in [0.05, 0.1) is 12.2 Å². The third kappa shape index (κ3) is 3.45. The van der Waals surface area contributed by atoms with Gasteiger partial charge in [0.1, 0.15) is 5.00 Å². The summed E-state index contributed by atoms with van der Waals surface area (Å²) >= 11 is 13.4. The molecule has 0 saturated heterocycles. The minimum atomic E-state index is -0.394. The number of hydrogen-bond donors (Lipinski definition) is 1. The Labute approximate surface area is 131 Å². The average Bonchev–Trinajstić information content (AvgIpc) is 2.74. The first-order chi connectivity index (χ1) is 9.51. The minimum Gasteiger partial charge on any atom is -0.462 e.